The van der Waals surface area contributed by atoms with E-state index in [2.05, 4.69) is 25.7 Å². The van der Waals surface area contributed by atoms with Gasteiger partial charge in [0, 0.05) is 18.5 Å². The molecule has 80 valence electrons. The zero-order valence-electron chi connectivity index (χ0n) is 9.49. The second-order valence-corrected chi connectivity index (χ2v) is 5.26. The Balaban J connectivity index is 1.97. The second-order valence-electron chi connectivity index (χ2n) is 5.26. The summed E-state index contributed by atoms with van der Waals surface area (Å²) in [6, 6.07) is 1.19. The van der Waals surface area contributed by atoms with E-state index < -0.39 is 0 Å². The molecule has 0 aromatic heterocycles. The van der Waals surface area contributed by atoms with Gasteiger partial charge in [0.15, 0.2) is 0 Å². The van der Waals surface area contributed by atoms with E-state index >= 15 is 0 Å². The van der Waals surface area contributed by atoms with E-state index in [1.54, 1.807) is 0 Å². The topological polar surface area (TPSA) is 20.3 Å². The third kappa shape index (κ3) is 1.67. The van der Waals surface area contributed by atoms with Gasteiger partial charge in [-0.2, -0.15) is 0 Å². The van der Waals surface area contributed by atoms with Gasteiger partial charge in [0.2, 0.25) is 5.91 Å². The molecule has 1 amide bonds. The van der Waals surface area contributed by atoms with Gasteiger partial charge in [0.25, 0.3) is 0 Å². The van der Waals surface area contributed by atoms with E-state index in [9.17, 15) is 4.79 Å². The van der Waals surface area contributed by atoms with Crippen LogP contribution in [0.5, 0.6) is 0 Å². The Labute approximate surface area is 86.7 Å². The SMILES string of the molecule is CC[C@@H]1CC2CC2N1C(=O)CC(C)C. The van der Waals surface area contributed by atoms with Crippen LogP contribution in [0.3, 0.4) is 0 Å². The maximum atomic E-state index is 12.0. The maximum Gasteiger partial charge on any atom is 0.223 e. The number of likely N-dealkylation sites (tertiary alicyclic amines) is 1. The van der Waals surface area contributed by atoms with E-state index in [1.165, 1.54) is 12.8 Å². The number of piperidine rings is 1. The second kappa shape index (κ2) is 3.56. The van der Waals surface area contributed by atoms with Crippen LogP contribution in [0, 0.1) is 11.8 Å². The Bertz CT molecular complexity index is 236. The van der Waals surface area contributed by atoms with Gasteiger partial charge in [-0.05, 0) is 31.1 Å². The van der Waals surface area contributed by atoms with Crippen LogP contribution in [0.2, 0.25) is 0 Å². The van der Waals surface area contributed by atoms with Crippen LogP contribution in [-0.4, -0.2) is 22.9 Å². The van der Waals surface area contributed by atoms with Gasteiger partial charge < -0.3 is 4.90 Å². The monoisotopic (exact) mass is 195 g/mol. The van der Waals surface area contributed by atoms with E-state index in [-0.39, 0.29) is 0 Å². The molecular weight excluding hydrogens is 174 g/mol. The van der Waals surface area contributed by atoms with Gasteiger partial charge in [-0.15, -0.1) is 0 Å². The molecule has 1 aliphatic heterocycles. The molecule has 0 aromatic rings. The quantitative estimate of drug-likeness (QED) is 0.677. The summed E-state index contributed by atoms with van der Waals surface area (Å²) in [4.78, 5) is 14.2. The summed E-state index contributed by atoms with van der Waals surface area (Å²) in [7, 11) is 0. The molecule has 3 atom stereocenters. The molecule has 1 saturated carbocycles. The highest BCUT2D eigenvalue weighted by atomic mass is 16.2. The molecule has 1 heterocycles. The number of hydrogen-bond acceptors (Lipinski definition) is 1. The summed E-state index contributed by atoms with van der Waals surface area (Å²) < 4.78 is 0. The lowest BCUT2D eigenvalue weighted by atomic mass is 10.1. The highest BCUT2D eigenvalue weighted by molar-refractivity contribution is 5.78. The van der Waals surface area contributed by atoms with Crippen molar-refractivity contribution in [2.24, 2.45) is 11.8 Å². The van der Waals surface area contributed by atoms with Crippen molar-refractivity contribution in [3.8, 4) is 0 Å². The van der Waals surface area contributed by atoms with Gasteiger partial charge in [-0.1, -0.05) is 20.8 Å². The number of hydrogen-bond donors (Lipinski definition) is 0. The Kier molecular flexibility index (Phi) is 2.54. The van der Waals surface area contributed by atoms with Gasteiger partial charge in [-0.3, -0.25) is 4.79 Å². The molecule has 2 rings (SSSR count). The summed E-state index contributed by atoms with van der Waals surface area (Å²) in [6.07, 6.45) is 4.42. The van der Waals surface area contributed by atoms with E-state index in [1.807, 2.05) is 0 Å². The van der Waals surface area contributed by atoms with Crippen molar-refractivity contribution in [3.05, 3.63) is 0 Å². The molecule has 0 N–H and O–H groups in total. The minimum Gasteiger partial charge on any atom is -0.336 e. The minimum absolute atomic E-state index is 0.400. The molecule has 14 heavy (non-hydrogen) atoms. The normalized spacial score (nSPS) is 34.9. The molecule has 0 aromatic carbocycles. The first-order chi connectivity index (χ1) is 6.63. The third-order valence-electron chi connectivity index (χ3n) is 3.55. The van der Waals surface area contributed by atoms with Gasteiger partial charge >= 0.3 is 0 Å². The summed E-state index contributed by atoms with van der Waals surface area (Å²) in [5, 5.41) is 0. The molecule has 0 bridgehead atoms. The first-order valence-corrected chi connectivity index (χ1v) is 5.94. The van der Waals surface area contributed by atoms with E-state index in [4.69, 9.17) is 0 Å². The molecule has 2 fully saturated rings. The maximum absolute atomic E-state index is 12.0. The number of fused-ring (bicyclic) bond motifs is 1. The number of nitrogens with zero attached hydrogens (tertiary/aromatic N) is 1. The lowest BCUT2D eigenvalue weighted by molar-refractivity contribution is -0.133. The average Bonchev–Trinajstić information content (AvgIpc) is 2.75. The number of carbonyl (C=O) groups is 1. The van der Waals surface area contributed by atoms with Crippen LogP contribution in [-0.2, 0) is 4.79 Å². The fraction of sp³-hybridized carbons (Fsp3) is 0.917. The fourth-order valence-electron chi connectivity index (χ4n) is 2.77. The summed E-state index contributed by atoms with van der Waals surface area (Å²) >= 11 is 0. The Morgan fingerprint density at radius 1 is 1.43 bits per heavy atom. The summed E-state index contributed by atoms with van der Waals surface area (Å²) in [5.74, 6) is 1.76. The molecule has 1 saturated heterocycles. The van der Waals surface area contributed by atoms with Crippen LogP contribution in [0.25, 0.3) is 0 Å². The first kappa shape index (κ1) is 10.0. The Morgan fingerprint density at radius 2 is 2.14 bits per heavy atom. The molecular formula is C12H21NO. The molecule has 2 unspecified atom stereocenters. The van der Waals surface area contributed by atoms with Crippen LogP contribution < -0.4 is 0 Å². The molecule has 1 aliphatic carbocycles. The molecule has 2 heteroatoms. The predicted octanol–water partition coefficient (Wildman–Crippen LogP) is 2.43. The van der Waals surface area contributed by atoms with E-state index in [0.29, 0.717) is 23.9 Å². The van der Waals surface area contributed by atoms with Crippen LogP contribution in [0.4, 0.5) is 0 Å². The van der Waals surface area contributed by atoms with Crippen molar-refractivity contribution in [3.63, 3.8) is 0 Å². The fourth-order valence-corrected chi connectivity index (χ4v) is 2.77. The Hall–Kier alpha value is -0.530. The lowest BCUT2D eigenvalue weighted by Crippen LogP contribution is -2.38. The van der Waals surface area contributed by atoms with Crippen molar-refractivity contribution >= 4 is 5.91 Å². The van der Waals surface area contributed by atoms with Crippen LogP contribution >= 0.6 is 0 Å². The van der Waals surface area contributed by atoms with Gasteiger partial charge in [0.05, 0.1) is 0 Å². The average molecular weight is 195 g/mol. The zero-order valence-corrected chi connectivity index (χ0v) is 9.49. The van der Waals surface area contributed by atoms with Crippen molar-refractivity contribution < 1.29 is 4.79 Å². The van der Waals surface area contributed by atoms with Crippen LogP contribution in [0.1, 0.15) is 46.5 Å². The predicted molar refractivity (Wildman–Crippen MR) is 56.9 cm³/mol. The smallest absolute Gasteiger partial charge is 0.223 e. The summed E-state index contributed by atoms with van der Waals surface area (Å²) in [6.45, 7) is 6.45. The molecule has 2 nitrogen and oxygen atoms in total. The zero-order chi connectivity index (χ0) is 10.3. The number of rotatable bonds is 3. The standard InChI is InChI=1S/C12H21NO/c1-4-10-6-9-7-11(9)13(10)12(14)5-8(2)3/h8-11H,4-7H2,1-3H3/t9?,10-,11?/m1/s1. The van der Waals surface area contributed by atoms with E-state index in [0.717, 1.165) is 18.8 Å². The van der Waals surface area contributed by atoms with Crippen molar-refractivity contribution in [2.75, 3.05) is 0 Å². The number of carbonyl (C=O) groups excluding carboxylic acids is 1. The Morgan fingerprint density at radius 3 is 2.71 bits per heavy atom. The molecule has 2 aliphatic rings. The molecule has 0 spiro atoms. The van der Waals surface area contributed by atoms with Crippen molar-refractivity contribution in [1.29, 1.82) is 0 Å². The third-order valence-corrected chi connectivity index (χ3v) is 3.55. The van der Waals surface area contributed by atoms with Gasteiger partial charge in [0.1, 0.15) is 0 Å². The highest BCUT2D eigenvalue weighted by Crippen LogP contribution is 2.48. The number of amides is 1. The first-order valence-electron chi connectivity index (χ1n) is 5.94. The lowest BCUT2D eigenvalue weighted by Gasteiger charge is -2.27. The van der Waals surface area contributed by atoms with Crippen LogP contribution in [0.15, 0.2) is 0 Å². The van der Waals surface area contributed by atoms with Gasteiger partial charge in [-0.25, -0.2) is 0 Å². The summed E-state index contributed by atoms with van der Waals surface area (Å²) in [5.41, 5.74) is 0. The largest absolute Gasteiger partial charge is 0.336 e. The van der Waals surface area contributed by atoms with Crippen molar-refractivity contribution in [2.45, 2.75) is 58.5 Å². The minimum atomic E-state index is 0.400. The highest BCUT2D eigenvalue weighted by Gasteiger charge is 2.52. The molecule has 0 radical (unpaired) electrons. The van der Waals surface area contributed by atoms with Crippen molar-refractivity contribution in [1.82, 2.24) is 4.90 Å².